The summed E-state index contributed by atoms with van der Waals surface area (Å²) in [6, 6.07) is 6.64. The summed E-state index contributed by atoms with van der Waals surface area (Å²) in [5, 5.41) is 9.32. The molecule has 0 spiro atoms. The van der Waals surface area contributed by atoms with Crippen LogP contribution in [0.15, 0.2) is 30.5 Å². The van der Waals surface area contributed by atoms with E-state index in [9.17, 15) is 5.11 Å². The Kier molecular flexibility index (Phi) is 3.32. The number of anilines is 1. The van der Waals surface area contributed by atoms with Crippen LogP contribution in [0, 0.1) is 6.92 Å². The lowest BCUT2D eigenvalue weighted by molar-refractivity contribution is -0.681. The van der Waals surface area contributed by atoms with Gasteiger partial charge in [0.05, 0.1) is 12.6 Å². The Balaban J connectivity index is 2.13. The average Bonchev–Trinajstić information content (AvgIpc) is 2.32. The summed E-state index contributed by atoms with van der Waals surface area (Å²) in [5.41, 5.74) is 6.64. The predicted octanol–water partition coefficient (Wildman–Crippen LogP) is 1.08. The van der Waals surface area contributed by atoms with Gasteiger partial charge in [-0.2, -0.15) is 0 Å². The molecule has 0 saturated heterocycles. The molecule has 0 atom stereocenters. The molecule has 0 radical (unpaired) electrons. The normalized spacial score (nSPS) is 10.3. The third-order valence-corrected chi connectivity index (χ3v) is 2.68. The Bertz CT molecular complexity index is 570. The van der Waals surface area contributed by atoms with Gasteiger partial charge in [0.15, 0.2) is 0 Å². The van der Waals surface area contributed by atoms with E-state index in [1.807, 2.05) is 24.7 Å². The SMILES string of the molecule is Cc1nc(N)c(COc2cccc(O)c2)c[n+]1C. The van der Waals surface area contributed by atoms with Crippen LogP contribution < -0.4 is 15.0 Å². The molecule has 0 fully saturated rings. The molecule has 1 heterocycles. The first-order chi connectivity index (χ1) is 8.56. The van der Waals surface area contributed by atoms with Crippen molar-refractivity contribution >= 4 is 5.82 Å². The van der Waals surface area contributed by atoms with Crippen LogP contribution in [0.5, 0.6) is 11.5 Å². The predicted molar refractivity (Wildman–Crippen MR) is 67.0 cm³/mol. The highest BCUT2D eigenvalue weighted by Gasteiger charge is 2.12. The molecule has 0 aliphatic carbocycles. The van der Waals surface area contributed by atoms with E-state index >= 15 is 0 Å². The van der Waals surface area contributed by atoms with Gasteiger partial charge >= 0.3 is 0 Å². The Morgan fingerprint density at radius 3 is 2.94 bits per heavy atom. The van der Waals surface area contributed by atoms with Crippen LogP contribution in [0.1, 0.15) is 11.4 Å². The summed E-state index contributed by atoms with van der Waals surface area (Å²) < 4.78 is 7.44. The smallest absolute Gasteiger partial charge is 0.297 e. The number of hydrogen-bond acceptors (Lipinski definition) is 4. The van der Waals surface area contributed by atoms with Gasteiger partial charge in [-0.1, -0.05) is 6.07 Å². The Labute approximate surface area is 105 Å². The number of hydrogen-bond donors (Lipinski definition) is 2. The topological polar surface area (TPSA) is 72.2 Å². The van der Waals surface area contributed by atoms with Crippen molar-refractivity contribution in [3.63, 3.8) is 0 Å². The van der Waals surface area contributed by atoms with Gasteiger partial charge in [-0.3, -0.25) is 0 Å². The minimum Gasteiger partial charge on any atom is -0.508 e. The van der Waals surface area contributed by atoms with E-state index in [0.717, 1.165) is 11.4 Å². The van der Waals surface area contributed by atoms with Gasteiger partial charge in [0.2, 0.25) is 5.82 Å². The number of nitrogen functional groups attached to an aromatic ring is 1. The maximum absolute atomic E-state index is 9.32. The maximum Gasteiger partial charge on any atom is 0.297 e. The van der Waals surface area contributed by atoms with Crippen LogP contribution in [-0.2, 0) is 13.7 Å². The number of aromatic nitrogens is 2. The zero-order valence-corrected chi connectivity index (χ0v) is 10.4. The molecule has 3 N–H and O–H groups in total. The highest BCUT2D eigenvalue weighted by atomic mass is 16.5. The second-order valence-corrected chi connectivity index (χ2v) is 4.10. The molecule has 1 aromatic heterocycles. The molecule has 0 saturated carbocycles. The van der Waals surface area contributed by atoms with Gasteiger partial charge in [0.25, 0.3) is 5.82 Å². The second-order valence-electron chi connectivity index (χ2n) is 4.10. The van der Waals surface area contributed by atoms with Gasteiger partial charge in [-0.05, 0) is 17.1 Å². The fourth-order valence-corrected chi connectivity index (χ4v) is 1.56. The van der Waals surface area contributed by atoms with Crippen molar-refractivity contribution in [2.75, 3.05) is 5.73 Å². The Hall–Kier alpha value is -2.30. The molecule has 1 aromatic carbocycles. The van der Waals surface area contributed by atoms with Crippen LogP contribution >= 0.6 is 0 Å². The third kappa shape index (κ3) is 2.68. The first-order valence-electron chi connectivity index (χ1n) is 5.59. The van der Waals surface area contributed by atoms with Gasteiger partial charge in [-0.15, -0.1) is 0 Å². The fraction of sp³-hybridized carbons (Fsp3) is 0.231. The van der Waals surface area contributed by atoms with Crippen molar-refractivity contribution in [2.45, 2.75) is 13.5 Å². The van der Waals surface area contributed by atoms with Crippen molar-refractivity contribution in [3.05, 3.63) is 41.9 Å². The molecule has 0 aliphatic heterocycles. The van der Waals surface area contributed by atoms with Crippen molar-refractivity contribution < 1.29 is 14.4 Å². The van der Waals surface area contributed by atoms with E-state index in [4.69, 9.17) is 10.5 Å². The number of phenols is 1. The number of ether oxygens (including phenoxy) is 1. The lowest BCUT2D eigenvalue weighted by Crippen LogP contribution is -2.34. The first-order valence-corrected chi connectivity index (χ1v) is 5.59. The molecule has 5 heteroatoms. The lowest BCUT2D eigenvalue weighted by atomic mass is 10.3. The molecule has 2 aromatic rings. The molecule has 0 aliphatic rings. The standard InChI is InChI=1S/C13H15N3O2/c1-9-15-13(14)10(7-16(9)2)8-18-12-5-3-4-11(17)6-12/h3-7,14,17H,8H2,1-2H3/p+1. The second kappa shape index (κ2) is 4.91. The van der Waals surface area contributed by atoms with Crippen molar-refractivity contribution in [3.8, 4) is 11.5 Å². The van der Waals surface area contributed by atoms with E-state index in [-0.39, 0.29) is 5.75 Å². The summed E-state index contributed by atoms with van der Waals surface area (Å²) in [6.07, 6.45) is 1.89. The van der Waals surface area contributed by atoms with Gasteiger partial charge in [0, 0.05) is 13.0 Å². The molecule has 5 nitrogen and oxygen atoms in total. The summed E-state index contributed by atoms with van der Waals surface area (Å²) in [4.78, 5) is 4.21. The molecule has 94 valence electrons. The van der Waals surface area contributed by atoms with Crippen molar-refractivity contribution in [2.24, 2.45) is 7.05 Å². The average molecular weight is 246 g/mol. The minimum absolute atomic E-state index is 0.174. The number of aromatic hydroxyl groups is 1. The minimum atomic E-state index is 0.174. The summed E-state index contributed by atoms with van der Waals surface area (Å²) >= 11 is 0. The van der Waals surface area contributed by atoms with E-state index < -0.39 is 0 Å². The number of phenolic OH excluding ortho intramolecular Hbond substituents is 1. The monoisotopic (exact) mass is 246 g/mol. The molecule has 0 bridgehead atoms. The highest BCUT2D eigenvalue weighted by Crippen LogP contribution is 2.19. The molecule has 0 amide bonds. The van der Waals surface area contributed by atoms with E-state index in [1.54, 1.807) is 24.3 Å². The lowest BCUT2D eigenvalue weighted by Gasteiger charge is -2.07. The largest absolute Gasteiger partial charge is 0.508 e. The number of benzene rings is 1. The van der Waals surface area contributed by atoms with Gasteiger partial charge in [-0.25, -0.2) is 4.57 Å². The molecule has 18 heavy (non-hydrogen) atoms. The van der Waals surface area contributed by atoms with E-state index in [0.29, 0.717) is 18.2 Å². The quantitative estimate of drug-likeness (QED) is 0.795. The summed E-state index contributed by atoms with van der Waals surface area (Å²) in [6.45, 7) is 2.20. The van der Waals surface area contributed by atoms with Crippen LogP contribution in [-0.4, -0.2) is 10.1 Å². The third-order valence-electron chi connectivity index (χ3n) is 2.68. The fourth-order valence-electron chi connectivity index (χ4n) is 1.56. The van der Waals surface area contributed by atoms with Crippen LogP contribution in [0.3, 0.4) is 0 Å². The van der Waals surface area contributed by atoms with Crippen LogP contribution in [0.25, 0.3) is 0 Å². The Morgan fingerprint density at radius 1 is 1.44 bits per heavy atom. The number of nitrogens with zero attached hydrogens (tertiary/aromatic N) is 2. The summed E-state index contributed by atoms with van der Waals surface area (Å²) in [5.74, 6) is 2.07. The number of rotatable bonds is 3. The summed E-state index contributed by atoms with van der Waals surface area (Å²) in [7, 11) is 1.90. The van der Waals surface area contributed by atoms with Crippen molar-refractivity contribution in [1.29, 1.82) is 0 Å². The maximum atomic E-state index is 9.32. The zero-order chi connectivity index (χ0) is 13.1. The van der Waals surface area contributed by atoms with E-state index in [2.05, 4.69) is 4.98 Å². The molecular formula is C13H16N3O2+. The van der Waals surface area contributed by atoms with Crippen LogP contribution in [0.4, 0.5) is 5.82 Å². The van der Waals surface area contributed by atoms with E-state index in [1.165, 1.54) is 0 Å². The molecular weight excluding hydrogens is 230 g/mol. The molecule has 2 rings (SSSR count). The van der Waals surface area contributed by atoms with Crippen LogP contribution in [0.2, 0.25) is 0 Å². The highest BCUT2D eigenvalue weighted by molar-refractivity contribution is 5.37. The Morgan fingerprint density at radius 2 is 2.22 bits per heavy atom. The van der Waals surface area contributed by atoms with Gasteiger partial charge in [0.1, 0.15) is 24.3 Å². The molecule has 0 unspecified atom stereocenters. The zero-order valence-electron chi connectivity index (χ0n) is 10.4. The number of aryl methyl sites for hydroxylation is 2. The van der Waals surface area contributed by atoms with Crippen molar-refractivity contribution in [1.82, 2.24) is 4.98 Å². The number of nitrogens with two attached hydrogens (primary N) is 1. The van der Waals surface area contributed by atoms with Gasteiger partial charge < -0.3 is 15.6 Å². The first kappa shape index (κ1) is 12.2.